The summed E-state index contributed by atoms with van der Waals surface area (Å²) in [6, 6.07) is 25.4. The molecule has 0 fully saturated rings. The summed E-state index contributed by atoms with van der Waals surface area (Å²) in [4.78, 5) is 29.9. The van der Waals surface area contributed by atoms with Gasteiger partial charge in [-0.3, -0.25) is 9.59 Å². The lowest BCUT2D eigenvalue weighted by atomic mass is 9.78. The van der Waals surface area contributed by atoms with Crippen molar-refractivity contribution < 1.29 is 19.3 Å². The van der Waals surface area contributed by atoms with Crippen LogP contribution in [-0.4, -0.2) is 40.0 Å². The molecule has 5 nitrogen and oxygen atoms in total. The Labute approximate surface area is 283 Å². The summed E-state index contributed by atoms with van der Waals surface area (Å²) >= 11 is 0. The zero-order chi connectivity index (χ0) is 34.0. The maximum absolute atomic E-state index is 13.8. The van der Waals surface area contributed by atoms with Gasteiger partial charge in [0.2, 0.25) is 17.3 Å². The molecule has 2 aliphatic heterocycles. The molecule has 0 unspecified atom stereocenters. The average molecular weight is 638 g/mol. The SMILES string of the molecule is CCCCN1/C(=C\C2=C(O)C(=C/C3=[N+](CCCC)c4ccc5ccccc5c4C3(C)C)/C(=O)C2=O)C(C)(C)c2c1ccc1ccccc21. The van der Waals surface area contributed by atoms with E-state index in [9.17, 15) is 14.7 Å². The molecular weight excluding hydrogens is 592 g/mol. The Morgan fingerprint density at radius 2 is 1.35 bits per heavy atom. The molecule has 0 aromatic heterocycles. The van der Waals surface area contributed by atoms with Crippen LogP contribution in [-0.2, 0) is 20.4 Å². The molecule has 0 atom stereocenters. The predicted molar refractivity (Wildman–Crippen MR) is 197 cm³/mol. The zero-order valence-electron chi connectivity index (χ0n) is 29.0. The molecule has 4 aromatic carbocycles. The maximum Gasteiger partial charge on any atom is 0.237 e. The highest BCUT2D eigenvalue weighted by molar-refractivity contribution is 6.54. The fourth-order valence-corrected chi connectivity index (χ4v) is 8.25. The number of anilines is 1. The van der Waals surface area contributed by atoms with E-state index in [-0.39, 0.29) is 16.9 Å². The van der Waals surface area contributed by atoms with Crippen molar-refractivity contribution >= 4 is 50.2 Å². The standard InChI is InChI=1S/C43H44N2O3/c1-7-9-23-44-33-21-19-27-15-11-13-17-29(27)37(33)42(3,4)35(44)25-31-39(46)32(41(48)40(31)47)26-36-43(5,6)38-30-18-14-12-16-28(30)20-22-34(38)45(36)24-10-8-2/h11-22,25-26H,7-10,23-24H2,1-6H3/p+1. The van der Waals surface area contributed by atoms with Crippen LogP contribution in [0.1, 0.15) is 78.4 Å². The van der Waals surface area contributed by atoms with E-state index in [0.717, 1.165) is 72.3 Å². The number of allylic oxidation sites excluding steroid dienone is 5. The fraction of sp³-hybridized carbons (Fsp3) is 0.326. The minimum absolute atomic E-state index is 0.0763. The Morgan fingerprint density at radius 3 is 2.02 bits per heavy atom. The lowest BCUT2D eigenvalue weighted by Crippen LogP contribution is -2.29. The van der Waals surface area contributed by atoms with Gasteiger partial charge in [0, 0.05) is 47.5 Å². The van der Waals surface area contributed by atoms with Crippen LogP contribution < -0.4 is 4.90 Å². The van der Waals surface area contributed by atoms with Crippen LogP contribution >= 0.6 is 0 Å². The highest BCUT2D eigenvalue weighted by Crippen LogP contribution is 2.52. The van der Waals surface area contributed by atoms with Crippen molar-refractivity contribution in [3.05, 3.63) is 119 Å². The van der Waals surface area contributed by atoms with E-state index in [1.165, 1.54) is 21.9 Å². The molecule has 0 saturated heterocycles. The lowest BCUT2D eigenvalue weighted by Gasteiger charge is -2.27. The number of unbranched alkanes of at least 4 members (excludes halogenated alkanes) is 2. The number of benzene rings is 4. The monoisotopic (exact) mass is 637 g/mol. The van der Waals surface area contributed by atoms with Crippen LogP contribution in [0.3, 0.4) is 0 Å². The molecule has 0 spiro atoms. The normalized spacial score (nSPS) is 19.9. The molecule has 0 bridgehead atoms. The molecule has 244 valence electrons. The second-order valence-electron chi connectivity index (χ2n) is 14.5. The Kier molecular flexibility index (Phi) is 7.77. The quantitative estimate of drug-likeness (QED) is 0.119. The molecule has 3 aliphatic rings. The number of fused-ring (bicyclic) bond motifs is 6. The summed E-state index contributed by atoms with van der Waals surface area (Å²) in [6.07, 6.45) is 7.57. The summed E-state index contributed by atoms with van der Waals surface area (Å²) in [6.45, 7) is 14.6. The first kappa shape index (κ1) is 31.8. The second-order valence-corrected chi connectivity index (χ2v) is 14.5. The highest BCUT2D eigenvalue weighted by Gasteiger charge is 2.48. The number of Topliss-reactive ketones (excluding diaryl/α,β-unsaturated/α-hetero) is 2. The lowest BCUT2D eigenvalue weighted by molar-refractivity contribution is -0.438. The first-order valence-electron chi connectivity index (χ1n) is 17.5. The first-order valence-corrected chi connectivity index (χ1v) is 17.5. The van der Waals surface area contributed by atoms with E-state index < -0.39 is 22.4 Å². The smallest absolute Gasteiger partial charge is 0.237 e. The van der Waals surface area contributed by atoms with Crippen LogP contribution in [0.5, 0.6) is 0 Å². The fourth-order valence-electron chi connectivity index (χ4n) is 8.25. The van der Waals surface area contributed by atoms with Crippen molar-refractivity contribution in [2.45, 2.75) is 78.1 Å². The second kappa shape index (κ2) is 11.7. The number of aliphatic hydroxyl groups excluding tert-OH is 1. The van der Waals surface area contributed by atoms with Crippen LogP contribution in [0.25, 0.3) is 21.5 Å². The maximum atomic E-state index is 13.8. The number of hydrogen-bond donors (Lipinski definition) is 1. The minimum Gasteiger partial charge on any atom is -0.506 e. The van der Waals surface area contributed by atoms with Gasteiger partial charge >= 0.3 is 0 Å². The summed E-state index contributed by atoms with van der Waals surface area (Å²) in [5, 5.41) is 16.5. The van der Waals surface area contributed by atoms with E-state index in [1.54, 1.807) is 12.2 Å². The number of ketones is 2. The topological polar surface area (TPSA) is 60.6 Å². The number of carbonyl (C=O) groups is 2. The van der Waals surface area contributed by atoms with Gasteiger partial charge < -0.3 is 10.0 Å². The molecule has 0 amide bonds. The van der Waals surface area contributed by atoms with Gasteiger partial charge in [-0.2, -0.15) is 4.58 Å². The molecule has 4 aromatic rings. The highest BCUT2D eigenvalue weighted by atomic mass is 16.3. The van der Waals surface area contributed by atoms with Gasteiger partial charge in [0.25, 0.3) is 0 Å². The van der Waals surface area contributed by atoms with Gasteiger partial charge in [-0.25, -0.2) is 0 Å². The number of carbonyl (C=O) groups excluding carboxylic acids is 2. The zero-order valence-corrected chi connectivity index (χ0v) is 29.0. The van der Waals surface area contributed by atoms with Crippen LogP contribution in [0.2, 0.25) is 0 Å². The number of rotatable bonds is 8. The molecular formula is C43H45N2O3+. The van der Waals surface area contributed by atoms with Gasteiger partial charge in [0.15, 0.2) is 5.71 Å². The molecule has 1 N–H and O–H groups in total. The van der Waals surface area contributed by atoms with Crippen LogP contribution in [0.15, 0.2) is 108 Å². The van der Waals surface area contributed by atoms with Crippen molar-refractivity contribution in [3.8, 4) is 0 Å². The molecule has 1 aliphatic carbocycles. The largest absolute Gasteiger partial charge is 0.506 e. The molecule has 48 heavy (non-hydrogen) atoms. The summed E-state index contributed by atoms with van der Waals surface area (Å²) in [5.74, 6) is -1.54. The average Bonchev–Trinajstić information content (AvgIpc) is 3.53. The van der Waals surface area contributed by atoms with E-state index in [4.69, 9.17) is 0 Å². The number of nitrogens with zero attached hydrogens (tertiary/aromatic N) is 2. The van der Waals surface area contributed by atoms with Gasteiger partial charge in [0.1, 0.15) is 12.3 Å². The minimum atomic E-state index is -0.655. The number of aliphatic hydroxyl groups is 1. The predicted octanol–water partition coefficient (Wildman–Crippen LogP) is 9.54. The Bertz CT molecular complexity index is 2160. The van der Waals surface area contributed by atoms with E-state index in [1.807, 2.05) is 0 Å². The van der Waals surface area contributed by atoms with Crippen molar-refractivity contribution in [2.75, 3.05) is 18.0 Å². The van der Waals surface area contributed by atoms with Crippen molar-refractivity contribution in [2.24, 2.45) is 0 Å². The summed E-state index contributed by atoms with van der Waals surface area (Å²) < 4.78 is 2.29. The molecule has 2 heterocycles. The third kappa shape index (κ3) is 4.69. The van der Waals surface area contributed by atoms with E-state index in [2.05, 4.69) is 124 Å². The first-order chi connectivity index (χ1) is 23.0. The van der Waals surface area contributed by atoms with E-state index >= 15 is 0 Å². The molecule has 0 saturated carbocycles. The molecule has 5 heteroatoms. The summed E-state index contributed by atoms with van der Waals surface area (Å²) in [7, 11) is 0. The molecule has 7 rings (SSSR count). The van der Waals surface area contributed by atoms with Crippen molar-refractivity contribution in [1.29, 1.82) is 0 Å². The third-order valence-electron chi connectivity index (χ3n) is 10.7. The van der Waals surface area contributed by atoms with Gasteiger partial charge in [0.05, 0.1) is 16.6 Å². The van der Waals surface area contributed by atoms with Crippen LogP contribution in [0.4, 0.5) is 11.4 Å². The summed E-state index contributed by atoms with van der Waals surface area (Å²) in [5.41, 5.74) is 5.71. The van der Waals surface area contributed by atoms with E-state index in [0.29, 0.717) is 0 Å². The van der Waals surface area contributed by atoms with Gasteiger partial charge in [-0.05, 0) is 65.6 Å². The Balaban J connectivity index is 1.39. The Hall–Kier alpha value is -4.77. The Morgan fingerprint density at radius 1 is 0.729 bits per heavy atom. The van der Waals surface area contributed by atoms with Crippen LogP contribution in [0, 0.1) is 0 Å². The molecule has 0 radical (unpaired) electrons. The van der Waals surface area contributed by atoms with Crippen molar-refractivity contribution in [3.63, 3.8) is 0 Å². The number of hydrogen-bond acceptors (Lipinski definition) is 4. The third-order valence-corrected chi connectivity index (χ3v) is 10.7. The van der Waals surface area contributed by atoms with Crippen molar-refractivity contribution in [1.82, 2.24) is 0 Å². The van der Waals surface area contributed by atoms with Gasteiger partial charge in [-0.15, -0.1) is 0 Å². The van der Waals surface area contributed by atoms with Gasteiger partial charge in [-0.1, -0.05) is 95.1 Å².